The molecule has 0 aromatic heterocycles. The van der Waals surface area contributed by atoms with Gasteiger partial charge in [-0.25, -0.2) is 4.39 Å². The van der Waals surface area contributed by atoms with Gasteiger partial charge in [0.2, 0.25) is 0 Å². The van der Waals surface area contributed by atoms with Gasteiger partial charge in [-0.1, -0.05) is 25.7 Å². The molecular weight excluding hydrogens is 497 g/mol. The Labute approximate surface area is 232 Å². The van der Waals surface area contributed by atoms with Crippen LogP contribution in [0.3, 0.4) is 0 Å². The van der Waals surface area contributed by atoms with Crippen LogP contribution in [-0.2, 0) is 14.3 Å². The summed E-state index contributed by atoms with van der Waals surface area (Å²) in [5.74, 6) is 0.469. The number of likely N-dealkylation sites (tertiary alicyclic amines) is 1. The lowest BCUT2D eigenvalue weighted by molar-refractivity contribution is -0.219. The second-order valence-electron chi connectivity index (χ2n) is 13.7. The fraction of sp³-hybridized carbons (Fsp3) is 0.867. The molecule has 9 heteroatoms. The topological polar surface area (TPSA) is 82.3 Å². The second-order valence-corrected chi connectivity index (χ2v) is 13.7. The van der Waals surface area contributed by atoms with Crippen LogP contribution in [0.1, 0.15) is 57.8 Å². The zero-order valence-electron chi connectivity index (χ0n) is 23.4. The number of ether oxygens (including phenoxy) is 1. The standard InChI is InChI=1S/C30H46FN5O3/c1-33-8-4-9-34(12-11-33)30(38)22-17-36-24-13-18-5-2-3-6-19(18)14-25(24)39-29-26(36)21(28(22)37)15-23(31)27(29)35-10-7-20(32)16-35/h17-21,23-27,29H,2-16,32H2,1H3. The van der Waals surface area contributed by atoms with Gasteiger partial charge < -0.3 is 25.2 Å². The minimum Gasteiger partial charge on any atom is -0.369 e. The molecule has 7 rings (SSSR count). The molecule has 3 saturated carbocycles. The molecule has 3 aliphatic carbocycles. The van der Waals surface area contributed by atoms with E-state index in [-0.39, 0.29) is 60.1 Å². The molecule has 216 valence electrons. The third-order valence-electron chi connectivity index (χ3n) is 11.4. The molecular formula is C30H46FN5O3. The minimum atomic E-state index is -1.17. The maximum absolute atomic E-state index is 16.2. The summed E-state index contributed by atoms with van der Waals surface area (Å²) in [6.45, 7) is 4.49. The highest BCUT2D eigenvalue weighted by Gasteiger charge is 2.61. The summed E-state index contributed by atoms with van der Waals surface area (Å²) in [5, 5.41) is 0. The first kappa shape index (κ1) is 26.4. The summed E-state index contributed by atoms with van der Waals surface area (Å²) in [4.78, 5) is 36.6. The largest absolute Gasteiger partial charge is 0.369 e. The van der Waals surface area contributed by atoms with E-state index in [1.165, 1.54) is 25.7 Å². The Kier molecular flexibility index (Phi) is 7.01. The van der Waals surface area contributed by atoms with Gasteiger partial charge in [-0.15, -0.1) is 0 Å². The number of fused-ring (bicyclic) bond motifs is 3. The van der Waals surface area contributed by atoms with Gasteiger partial charge in [-0.2, -0.15) is 0 Å². The SMILES string of the molecule is CN1CCCN(C(=O)C2=CN3C4CC5CCCCC5CC4OC4C(N5CCC(N)C5)C(F)CC(C2=O)C43)CC1. The van der Waals surface area contributed by atoms with E-state index in [9.17, 15) is 9.59 Å². The molecule has 4 heterocycles. The van der Waals surface area contributed by atoms with Crippen molar-refractivity contribution in [1.82, 2.24) is 19.6 Å². The van der Waals surface area contributed by atoms with E-state index in [2.05, 4.69) is 21.7 Å². The zero-order valence-corrected chi connectivity index (χ0v) is 23.4. The average Bonchev–Trinajstić information content (AvgIpc) is 3.23. The number of likely N-dealkylation sites (N-methyl/N-ethyl adjacent to an activating group) is 1. The van der Waals surface area contributed by atoms with Crippen LogP contribution in [0.4, 0.5) is 4.39 Å². The molecule has 2 N–H and O–H groups in total. The predicted molar refractivity (Wildman–Crippen MR) is 145 cm³/mol. The minimum absolute atomic E-state index is 0.0166. The van der Waals surface area contributed by atoms with Gasteiger partial charge in [0.05, 0.1) is 35.9 Å². The maximum Gasteiger partial charge on any atom is 0.259 e. The van der Waals surface area contributed by atoms with Crippen LogP contribution in [0, 0.1) is 17.8 Å². The molecule has 10 atom stereocenters. The summed E-state index contributed by atoms with van der Waals surface area (Å²) in [6, 6.07) is -0.381. The fourth-order valence-electron chi connectivity index (χ4n) is 9.36. The third-order valence-corrected chi connectivity index (χ3v) is 11.4. The van der Waals surface area contributed by atoms with Crippen molar-refractivity contribution in [3.05, 3.63) is 11.8 Å². The van der Waals surface area contributed by atoms with Crippen molar-refractivity contribution in [2.24, 2.45) is 23.5 Å². The molecule has 1 amide bonds. The van der Waals surface area contributed by atoms with Crippen molar-refractivity contribution in [2.45, 2.75) is 100 Å². The van der Waals surface area contributed by atoms with Crippen LogP contribution in [0.15, 0.2) is 11.8 Å². The van der Waals surface area contributed by atoms with E-state index < -0.39 is 12.1 Å². The van der Waals surface area contributed by atoms with Gasteiger partial charge in [0, 0.05) is 50.9 Å². The number of rotatable bonds is 2. The number of alkyl halides is 1. The predicted octanol–water partition coefficient (Wildman–Crippen LogP) is 1.78. The molecule has 4 aliphatic heterocycles. The highest BCUT2D eigenvalue weighted by atomic mass is 19.1. The van der Waals surface area contributed by atoms with Gasteiger partial charge in [-0.05, 0) is 57.5 Å². The lowest BCUT2D eigenvalue weighted by Crippen LogP contribution is -2.73. The number of hydrogen-bond donors (Lipinski definition) is 1. The van der Waals surface area contributed by atoms with E-state index in [0.29, 0.717) is 31.5 Å². The van der Waals surface area contributed by atoms with E-state index in [0.717, 1.165) is 45.3 Å². The van der Waals surface area contributed by atoms with Crippen LogP contribution >= 0.6 is 0 Å². The smallest absolute Gasteiger partial charge is 0.259 e. The Balaban J connectivity index is 1.24. The van der Waals surface area contributed by atoms with Crippen molar-refractivity contribution in [1.29, 1.82) is 0 Å². The molecule has 3 saturated heterocycles. The maximum atomic E-state index is 16.2. The van der Waals surface area contributed by atoms with E-state index >= 15 is 4.39 Å². The lowest BCUT2D eigenvalue weighted by Gasteiger charge is -2.61. The van der Waals surface area contributed by atoms with Crippen molar-refractivity contribution >= 4 is 11.7 Å². The first-order valence-electron chi connectivity index (χ1n) is 15.7. The Hall–Kier alpha value is -1.55. The molecule has 0 spiro atoms. The molecule has 0 radical (unpaired) electrons. The highest BCUT2D eigenvalue weighted by molar-refractivity contribution is 6.20. The molecule has 0 bridgehead atoms. The number of carbonyl (C=O) groups excluding carboxylic acids is 2. The highest BCUT2D eigenvalue weighted by Crippen LogP contribution is 2.51. The molecule has 39 heavy (non-hydrogen) atoms. The van der Waals surface area contributed by atoms with E-state index in [4.69, 9.17) is 10.5 Å². The number of nitrogens with zero attached hydrogens (tertiary/aromatic N) is 4. The number of morpholine rings is 1. The van der Waals surface area contributed by atoms with Crippen LogP contribution < -0.4 is 5.73 Å². The van der Waals surface area contributed by atoms with Gasteiger partial charge >= 0.3 is 0 Å². The lowest BCUT2D eigenvalue weighted by atomic mass is 9.64. The van der Waals surface area contributed by atoms with Crippen molar-refractivity contribution < 1.29 is 18.7 Å². The number of ketones is 1. The summed E-state index contributed by atoms with van der Waals surface area (Å²) < 4.78 is 23.1. The van der Waals surface area contributed by atoms with Crippen LogP contribution in [-0.4, -0.2) is 120 Å². The van der Waals surface area contributed by atoms with Crippen molar-refractivity contribution in [2.75, 3.05) is 46.3 Å². The fourth-order valence-corrected chi connectivity index (χ4v) is 9.36. The summed E-state index contributed by atoms with van der Waals surface area (Å²) in [6.07, 6.45) is 9.45. The zero-order chi connectivity index (χ0) is 26.8. The molecule has 0 aromatic carbocycles. The summed E-state index contributed by atoms with van der Waals surface area (Å²) in [5.41, 5.74) is 6.53. The average molecular weight is 544 g/mol. The number of nitrogens with two attached hydrogens (primary N) is 1. The Morgan fingerprint density at radius 2 is 1.77 bits per heavy atom. The number of carbonyl (C=O) groups is 2. The Morgan fingerprint density at radius 3 is 2.54 bits per heavy atom. The first-order chi connectivity index (χ1) is 18.9. The van der Waals surface area contributed by atoms with Crippen LogP contribution in [0.5, 0.6) is 0 Å². The van der Waals surface area contributed by atoms with E-state index in [1.807, 2.05) is 11.1 Å². The van der Waals surface area contributed by atoms with Gasteiger partial charge in [-0.3, -0.25) is 14.5 Å². The van der Waals surface area contributed by atoms with Crippen molar-refractivity contribution in [3.63, 3.8) is 0 Å². The molecule has 8 nitrogen and oxygen atoms in total. The third kappa shape index (κ3) is 4.56. The molecule has 7 aliphatic rings. The van der Waals surface area contributed by atoms with E-state index in [1.54, 1.807) is 0 Å². The second kappa shape index (κ2) is 10.4. The van der Waals surface area contributed by atoms with Crippen molar-refractivity contribution in [3.8, 4) is 0 Å². The number of amides is 1. The van der Waals surface area contributed by atoms with Crippen LogP contribution in [0.25, 0.3) is 0 Å². The van der Waals surface area contributed by atoms with Gasteiger partial charge in [0.15, 0.2) is 5.78 Å². The Bertz CT molecular complexity index is 1010. The Morgan fingerprint density at radius 1 is 0.974 bits per heavy atom. The molecule has 0 aromatic rings. The molecule has 6 fully saturated rings. The van der Waals surface area contributed by atoms with Gasteiger partial charge in [0.25, 0.3) is 5.91 Å². The van der Waals surface area contributed by atoms with Gasteiger partial charge in [0.1, 0.15) is 6.17 Å². The molecule has 10 unspecified atom stereocenters. The summed E-state index contributed by atoms with van der Waals surface area (Å²) in [7, 11) is 2.08. The first-order valence-corrected chi connectivity index (χ1v) is 15.7. The summed E-state index contributed by atoms with van der Waals surface area (Å²) >= 11 is 0. The monoisotopic (exact) mass is 543 g/mol. The van der Waals surface area contributed by atoms with Crippen LogP contribution in [0.2, 0.25) is 0 Å². The number of halogens is 1. The quantitative estimate of drug-likeness (QED) is 0.532. The number of hydrogen-bond acceptors (Lipinski definition) is 7. The normalized spacial score (nSPS) is 45.2. The number of Topliss-reactive ketones (excluding diaryl/α,β-unsaturated/α-hetero) is 1.